The second kappa shape index (κ2) is 6.72. The van der Waals surface area contributed by atoms with Crippen molar-refractivity contribution in [3.05, 3.63) is 60.8 Å². The van der Waals surface area contributed by atoms with E-state index in [0.29, 0.717) is 28.4 Å². The molecule has 1 aromatic carbocycles. The normalized spacial score (nSPS) is 11.5. The lowest BCUT2D eigenvalue weighted by molar-refractivity contribution is -0.167. The quantitative estimate of drug-likeness (QED) is 0.586. The number of hydrogen-bond acceptors (Lipinski definition) is 5. The average molecular weight is 384 g/mol. The maximum absolute atomic E-state index is 12.5. The summed E-state index contributed by atoms with van der Waals surface area (Å²) in [6.45, 7) is 0. The molecule has 28 heavy (non-hydrogen) atoms. The number of pyridine rings is 1. The van der Waals surface area contributed by atoms with Gasteiger partial charge in [0, 0.05) is 17.4 Å². The average Bonchev–Trinajstić information content (AvgIpc) is 3.11. The molecular weight excluding hydrogens is 373 g/mol. The van der Waals surface area contributed by atoms with Crippen molar-refractivity contribution in [3.8, 4) is 22.8 Å². The van der Waals surface area contributed by atoms with Crippen molar-refractivity contribution in [3.63, 3.8) is 0 Å². The highest BCUT2D eigenvalue weighted by atomic mass is 19.4. The molecule has 0 saturated heterocycles. The first kappa shape index (κ1) is 17.6. The van der Waals surface area contributed by atoms with E-state index < -0.39 is 12.1 Å². The Hall–Kier alpha value is -3.82. The van der Waals surface area contributed by atoms with Crippen LogP contribution in [-0.4, -0.2) is 36.9 Å². The molecule has 1 N–H and O–H groups in total. The van der Waals surface area contributed by atoms with Gasteiger partial charge in [-0.3, -0.25) is 9.78 Å². The Morgan fingerprint density at radius 3 is 2.57 bits per heavy atom. The van der Waals surface area contributed by atoms with Gasteiger partial charge in [-0.25, -0.2) is 0 Å². The molecule has 10 heteroatoms. The van der Waals surface area contributed by atoms with Crippen LogP contribution in [0.25, 0.3) is 28.4 Å². The van der Waals surface area contributed by atoms with Crippen molar-refractivity contribution in [1.82, 2.24) is 24.8 Å². The molecule has 0 aliphatic rings. The van der Waals surface area contributed by atoms with Gasteiger partial charge in [0.2, 0.25) is 5.82 Å². The summed E-state index contributed by atoms with van der Waals surface area (Å²) >= 11 is 0. The number of nitrogens with zero attached hydrogens (tertiary/aromatic N) is 5. The van der Waals surface area contributed by atoms with Crippen LogP contribution in [0.4, 0.5) is 18.9 Å². The summed E-state index contributed by atoms with van der Waals surface area (Å²) < 4.78 is 38.9. The molecule has 0 spiro atoms. The SMILES string of the molecule is O=C(Nc1cccc(-c2ccc3nnc(-c4ccccn4)n3n2)c1)C(F)(F)F. The van der Waals surface area contributed by atoms with Gasteiger partial charge in [0.1, 0.15) is 5.69 Å². The third-order valence-electron chi connectivity index (χ3n) is 3.83. The lowest BCUT2D eigenvalue weighted by Gasteiger charge is -2.09. The number of fused-ring (bicyclic) bond motifs is 1. The molecule has 1 amide bonds. The van der Waals surface area contributed by atoms with Crippen LogP contribution in [0.15, 0.2) is 60.8 Å². The Bertz CT molecular complexity index is 1160. The van der Waals surface area contributed by atoms with Gasteiger partial charge >= 0.3 is 12.1 Å². The number of aromatic nitrogens is 5. The molecule has 0 atom stereocenters. The molecule has 0 saturated carbocycles. The highest BCUT2D eigenvalue weighted by Gasteiger charge is 2.38. The number of benzene rings is 1. The van der Waals surface area contributed by atoms with E-state index in [1.807, 2.05) is 5.32 Å². The Labute approximate surface area is 155 Å². The molecule has 7 nitrogen and oxygen atoms in total. The molecule has 0 aliphatic heterocycles. The standard InChI is InChI=1S/C18H11F3N6O/c19-18(20,21)17(28)23-12-5-3-4-11(10-12)13-7-8-15-24-25-16(27(15)26-13)14-6-1-2-9-22-14/h1-10H,(H,23,28). The zero-order chi connectivity index (χ0) is 19.7. The van der Waals surface area contributed by atoms with Gasteiger partial charge in [-0.2, -0.15) is 22.8 Å². The molecule has 0 bridgehead atoms. The lowest BCUT2D eigenvalue weighted by atomic mass is 10.1. The number of amides is 1. The molecule has 3 heterocycles. The summed E-state index contributed by atoms with van der Waals surface area (Å²) in [5, 5.41) is 14.4. The molecular formula is C18H11F3N6O. The van der Waals surface area contributed by atoms with Gasteiger partial charge in [-0.05, 0) is 36.4 Å². The number of carbonyl (C=O) groups is 1. The van der Waals surface area contributed by atoms with Crippen LogP contribution in [0.3, 0.4) is 0 Å². The van der Waals surface area contributed by atoms with E-state index in [2.05, 4.69) is 20.3 Å². The first-order valence-corrected chi connectivity index (χ1v) is 8.04. The van der Waals surface area contributed by atoms with Crippen molar-refractivity contribution in [2.75, 3.05) is 5.32 Å². The topological polar surface area (TPSA) is 85.1 Å². The third-order valence-corrected chi connectivity index (χ3v) is 3.83. The summed E-state index contributed by atoms with van der Waals surface area (Å²) in [5.41, 5.74) is 2.06. The van der Waals surface area contributed by atoms with Crippen molar-refractivity contribution < 1.29 is 18.0 Å². The Kier molecular flexibility index (Phi) is 4.22. The van der Waals surface area contributed by atoms with Gasteiger partial charge in [0.15, 0.2) is 5.65 Å². The first-order chi connectivity index (χ1) is 13.4. The second-order valence-electron chi connectivity index (χ2n) is 5.76. The smallest absolute Gasteiger partial charge is 0.318 e. The van der Waals surface area contributed by atoms with Crippen LogP contribution < -0.4 is 5.32 Å². The van der Waals surface area contributed by atoms with Crippen LogP contribution in [-0.2, 0) is 4.79 Å². The van der Waals surface area contributed by atoms with E-state index >= 15 is 0 Å². The van der Waals surface area contributed by atoms with Gasteiger partial charge in [0.05, 0.1) is 5.69 Å². The maximum atomic E-state index is 12.5. The number of halogens is 3. The van der Waals surface area contributed by atoms with E-state index in [4.69, 9.17) is 0 Å². The van der Waals surface area contributed by atoms with Crippen molar-refractivity contribution >= 4 is 17.2 Å². The van der Waals surface area contributed by atoms with E-state index in [-0.39, 0.29) is 5.69 Å². The molecule has 4 aromatic rings. The van der Waals surface area contributed by atoms with E-state index in [1.165, 1.54) is 22.7 Å². The molecule has 4 rings (SSSR count). The largest absolute Gasteiger partial charge is 0.471 e. The predicted molar refractivity (Wildman–Crippen MR) is 94.1 cm³/mol. The van der Waals surface area contributed by atoms with Gasteiger partial charge in [-0.15, -0.1) is 10.2 Å². The summed E-state index contributed by atoms with van der Waals surface area (Å²) in [6, 6.07) is 14.7. The number of alkyl halides is 3. The third kappa shape index (κ3) is 3.39. The first-order valence-electron chi connectivity index (χ1n) is 8.04. The van der Waals surface area contributed by atoms with Crippen LogP contribution >= 0.6 is 0 Å². The zero-order valence-corrected chi connectivity index (χ0v) is 14.1. The van der Waals surface area contributed by atoms with Gasteiger partial charge in [-0.1, -0.05) is 18.2 Å². The maximum Gasteiger partial charge on any atom is 0.471 e. The summed E-state index contributed by atoms with van der Waals surface area (Å²) in [4.78, 5) is 15.4. The van der Waals surface area contributed by atoms with Crippen LogP contribution in [0.2, 0.25) is 0 Å². The minimum absolute atomic E-state index is 0.00966. The summed E-state index contributed by atoms with van der Waals surface area (Å²) in [6.07, 6.45) is -3.35. The Morgan fingerprint density at radius 2 is 1.82 bits per heavy atom. The highest BCUT2D eigenvalue weighted by molar-refractivity contribution is 5.95. The number of hydrogen-bond donors (Lipinski definition) is 1. The molecule has 0 radical (unpaired) electrons. The predicted octanol–water partition coefficient (Wildman–Crippen LogP) is 3.35. The molecule has 3 aromatic heterocycles. The second-order valence-corrected chi connectivity index (χ2v) is 5.76. The minimum Gasteiger partial charge on any atom is -0.318 e. The fraction of sp³-hybridized carbons (Fsp3) is 0.0556. The minimum atomic E-state index is -4.97. The Balaban J connectivity index is 1.72. The van der Waals surface area contributed by atoms with Crippen molar-refractivity contribution in [1.29, 1.82) is 0 Å². The molecule has 0 fully saturated rings. The number of carbonyl (C=O) groups excluding carboxylic acids is 1. The number of rotatable bonds is 3. The molecule has 0 unspecified atom stereocenters. The fourth-order valence-electron chi connectivity index (χ4n) is 2.56. The molecule has 0 aliphatic carbocycles. The fourth-order valence-corrected chi connectivity index (χ4v) is 2.56. The van der Waals surface area contributed by atoms with Crippen LogP contribution in [0.1, 0.15) is 0 Å². The van der Waals surface area contributed by atoms with Gasteiger partial charge in [0.25, 0.3) is 0 Å². The zero-order valence-electron chi connectivity index (χ0n) is 14.1. The summed E-state index contributed by atoms with van der Waals surface area (Å²) in [5.74, 6) is -1.61. The van der Waals surface area contributed by atoms with Crippen LogP contribution in [0.5, 0.6) is 0 Å². The van der Waals surface area contributed by atoms with E-state index in [1.54, 1.807) is 42.6 Å². The highest BCUT2D eigenvalue weighted by Crippen LogP contribution is 2.24. The number of anilines is 1. The summed E-state index contributed by atoms with van der Waals surface area (Å²) in [7, 11) is 0. The van der Waals surface area contributed by atoms with Crippen molar-refractivity contribution in [2.24, 2.45) is 0 Å². The Morgan fingerprint density at radius 1 is 0.964 bits per heavy atom. The van der Waals surface area contributed by atoms with Gasteiger partial charge < -0.3 is 5.32 Å². The van der Waals surface area contributed by atoms with E-state index in [9.17, 15) is 18.0 Å². The van der Waals surface area contributed by atoms with Crippen molar-refractivity contribution in [2.45, 2.75) is 6.18 Å². The molecule has 140 valence electrons. The lowest BCUT2D eigenvalue weighted by Crippen LogP contribution is -2.29. The van der Waals surface area contributed by atoms with Crippen LogP contribution in [0, 0.1) is 0 Å². The monoisotopic (exact) mass is 384 g/mol. The van der Waals surface area contributed by atoms with E-state index in [0.717, 1.165) is 0 Å². The number of nitrogens with one attached hydrogen (secondary N) is 1.